The van der Waals surface area contributed by atoms with E-state index in [2.05, 4.69) is 15.1 Å². The Morgan fingerprint density at radius 2 is 2.06 bits per heavy atom. The number of hydrogen-bond donors (Lipinski definition) is 2. The van der Waals surface area contributed by atoms with Crippen molar-refractivity contribution in [2.45, 2.75) is 13.0 Å². The molecule has 0 aliphatic carbocycles. The Hall–Kier alpha value is -3.56. The number of benzene rings is 1. The van der Waals surface area contributed by atoms with E-state index in [9.17, 15) is 28.1 Å². The fraction of sp³-hybridized carbons (Fsp3) is 0.389. The summed E-state index contributed by atoms with van der Waals surface area (Å²) in [5.74, 6) is -0.117. The summed E-state index contributed by atoms with van der Waals surface area (Å²) in [6, 6.07) is 1.92. The number of hydrogen-bond acceptors (Lipinski definition) is 8. The molecule has 1 fully saturated rings. The summed E-state index contributed by atoms with van der Waals surface area (Å²) in [7, 11) is -3.71. The number of sulfonamides is 1. The third-order valence-corrected chi connectivity index (χ3v) is 5.65. The van der Waals surface area contributed by atoms with Crippen LogP contribution in [-0.2, 0) is 32.5 Å². The molecule has 1 aromatic heterocycles. The first-order valence-electron chi connectivity index (χ1n) is 9.87. The van der Waals surface area contributed by atoms with E-state index in [0.717, 1.165) is 11.3 Å². The predicted octanol–water partition coefficient (Wildman–Crippen LogP) is -0.00650. The van der Waals surface area contributed by atoms with Crippen molar-refractivity contribution >= 4 is 33.3 Å². The van der Waals surface area contributed by atoms with Crippen LogP contribution in [0, 0.1) is 10.1 Å². The van der Waals surface area contributed by atoms with Gasteiger partial charge in [-0.3, -0.25) is 19.5 Å². The van der Waals surface area contributed by atoms with Gasteiger partial charge in [-0.2, -0.15) is 0 Å². The number of nitrogens with zero attached hydrogens (tertiary/aromatic N) is 5. The summed E-state index contributed by atoms with van der Waals surface area (Å²) in [5.41, 5.74) is 0.955. The van der Waals surface area contributed by atoms with Gasteiger partial charge in [0.2, 0.25) is 15.9 Å². The summed E-state index contributed by atoms with van der Waals surface area (Å²) in [6.07, 6.45) is 3.84. The quantitative estimate of drug-likeness (QED) is 0.431. The Kier molecular flexibility index (Phi) is 6.01. The lowest BCUT2D eigenvalue weighted by molar-refractivity contribution is -0.384. The molecule has 4 rings (SSSR count). The molecule has 1 saturated heterocycles. The van der Waals surface area contributed by atoms with Gasteiger partial charge >= 0.3 is 6.03 Å². The molecule has 0 bridgehead atoms. The molecule has 2 aliphatic heterocycles. The molecule has 15 heteroatoms. The molecule has 2 aliphatic rings. The van der Waals surface area contributed by atoms with Crippen LogP contribution < -0.4 is 10.1 Å². The zero-order valence-corrected chi connectivity index (χ0v) is 18.4. The first kappa shape index (κ1) is 22.6. The van der Waals surface area contributed by atoms with Gasteiger partial charge in [0, 0.05) is 25.4 Å². The molecule has 0 atom stereocenters. The molecule has 0 unspecified atom stereocenters. The van der Waals surface area contributed by atoms with Crippen LogP contribution in [0.15, 0.2) is 24.7 Å². The zero-order valence-electron chi connectivity index (χ0n) is 17.6. The highest BCUT2D eigenvalue weighted by Crippen LogP contribution is 2.33. The number of carbonyl (C=O) groups is 2. The first-order valence-corrected chi connectivity index (χ1v) is 11.8. The van der Waals surface area contributed by atoms with Crippen molar-refractivity contribution in [1.29, 1.82) is 0 Å². The minimum atomic E-state index is -3.71. The van der Waals surface area contributed by atoms with E-state index in [1.54, 1.807) is 4.90 Å². The maximum atomic E-state index is 12.5. The van der Waals surface area contributed by atoms with Gasteiger partial charge in [-0.15, -0.1) is 4.83 Å². The Labute approximate surface area is 188 Å². The fourth-order valence-corrected chi connectivity index (χ4v) is 4.13. The molecule has 176 valence electrons. The number of fused-ring (bicyclic) bond motifs is 1. The Balaban J connectivity index is 1.61. The minimum Gasteiger partial charge on any atom is -0.378 e. The van der Waals surface area contributed by atoms with Gasteiger partial charge in [0.05, 0.1) is 55.1 Å². The summed E-state index contributed by atoms with van der Waals surface area (Å²) in [6.45, 7) is 1.81. The predicted molar refractivity (Wildman–Crippen MR) is 114 cm³/mol. The zero-order chi connectivity index (χ0) is 23.8. The van der Waals surface area contributed by atoms with Gasteiger partial charge in [0.15, 0.2) is 0 Å². The highest BCUT2D eigenvalue weighted by atomic mass is 32.2. The van der Waals surface area contributed by atoms with Gasteiger partial charge in [-0.1, -0.05) is 0 Å². The van der Waals surface area contributed by atoms with Crippen molar-refractivity contribution in [3.63, 3.8) is 0 Å². The number of ether oxygens (including phenoxy) is 1. The molecule has 3 heterocycles. The second-order valence-electron chi connectivity index (χ2n) is 7.58. The SMILES string of the molecule is CS(=O)(=O)NN1Cc2cc(-n3cnc(CC(=O)N4CCOCC4)c3)c([N+](=O)[O-])cc2NC1=O. The summed E-state index contributed by atoms with van der Waals surface area (Å²) in [5, 5.41) is 15.0. The van der Waals surface area contributed by atoms with Crippen molar-refractivity contribution in [2.75, 3.05) is 37.9 Å². The van der Waals surface area contributed by atoms with Crippen molar-refractivity contribution in [2.24, 2.45) is 0 Å². The summed E-state index contributed by atoms with van der Waals surface area (Å²) in [4.78, 5) is 43.7. The monoisotopic (exact) mass is 479 g/mol. The largest absolute Gasteiger partial charge is 0.378 e. The number of nitrogens with one attached hydrogen (secondary N) is 2. The lowest BCUT2D eigenvalue weighted by Crippen LogP contribution is -2.49. The van der Waals surface area contributed by atoms with Crippen molar-refractivity contribution in [1.82, 2.24) is 24.3 Å². The number of nitro groups is 1. The van der Waals surface area contributed by atoms with E-state index in [-0.39, 0.29) is 35.9 Å². The van der Waals surface area contributed by atoms with Crippen molar-refractivity contribution in [3.8, 4) is 5.69 Å². The van der Waals surface area contributed by atoms with E-state index in [0.29, 0.717) is 37.6 Å². The van der Waals surface area contributed by atoms with Crippen LogP contribution in [0.2, 0.25) is 0 Å². The Bertz CT molecular complexity index is 1220. The maximum Gasteiger partial charge on any atom is 0.337 e. The van der Waals surface area contributed by atoms with Crippen LogP contribution in [0.3, 0.4) is 0 Å². The number of carbonyl (C=O) groups excluding carboxylic acids is 2. The van der Waals surface area contributed by atoms with Gasteiger partial charge in [0.25, 0.3) is 5.69 Å². The third kappa shape index (κ3) is 5.10. The molecule has 0 spiro atoms. The van der Waals surface area contributed by atoms with Gasteiger partial charge in [-0.25, -0.2) is 23.2 Å². The molecule has 2 N–H and O–H groups in total. The number of amides is 3. The van der Waals surface area contributed by atoms with Crippen molar-refractivity contribution in [3.05, 3.63) is 46.0 Å². The number of aromatic nitrogens is 2. The van der Waals surface area contributed by atoms with Gasteiger partial charge < -0.3 is 15.0 Å². The van der Waals surface area contributed by atoms with Crippen LogP contribution in [-0.4, -0.2) is 77.3 Å². The molecule has 14 nitrogen and oxygen atoms in total. The number of rotatable bonds is 6. The standard InChI is InChI=1S/C18H21N7O7S/c1-33(30,31)21-24-9-12-6-15(16(25(28)29)8-14(12)20-18(24)27)23-10-13(19-11-23)7-17(26)22-2-4-32-5-3-22/h6,8,10-11,21H,2-5,7,9H2,1H3,(H,20,27). The topological polar surface area (TPSA) is 169 Å². The number of nitro benzene ring substituents is 1. The summed E-state index contributed by atoms with van der Waals surface area (Å²) < 4.78 is 29.7. The van der Waals surface area contributed by atoms with Gasteiger partial charge in [0.1, 0.15) is 5.69 Å². The number of urea groups is 1. The number of anilines is 1. The van der Waals surface area contributed by atoms with E-state index in [1.807, 2.05) is 0 Å². The molecular weight excluding hydrogens is 458 g/mol. The lowest BCUT2D eigenvalue weighted by Gasteiger charge is -2.29. The molecule has 0 saturated carbocycles. The third-order valence-electron chi connectivity index (χ3n) is 5.10. The van der Waals surface area contributed by atoms with Crippen LogP contribution in [0.25, 0.3) is 5.69 Å². The molecule has 1 aromatic carbocycles. The second-order valence-corrected chi connectivity index (χ2v) is 9.30. The molecule has 2 aromatic rings. The fourth-order valence-electron chi connectivity index (χ4n) is 3.59. The van der Waals surface area contributed by atoms with Crippen LogP contribution in [0.1, 0.15) is 11.3 Å². The minimum absolute atomic E-state index is 0.0356. The number of morpholine rings is 1. The average Bonchev–Trinajstić information content (AvgIpc) is 3.21. The molecule has 0 radical (unpaired) electrons. The highest BCUT2D eigenvalue weighted by molar-refractivity contribution is 7.88. The normalized spacial score (nSPS) is 16.3. The van der Waals surface area contributed by atoms with Crippen molar-refractivity contribution < 1.29 is 27.7 Å². The highest BCUT2D eigenvalue weighted by Gasteiger charge is 2.29. The maximum absolute atomic E-state index is 12.5. The van der Waals surface area contributed by atoms with E-state index in [4.69, 9.17) is 4.74 Å². The smallest absolute Gasteiger partial charge is 0.337 e. The summed E-state index contributed by atoms with van der Waals surface area (Å²) >= 11 is 0. The Morgan fingerprint density at radius 1 is 1.33 bits per heavy atom. The van der Waals surface area contributed by atoms with E-state index >= 15 is 0 Å². The molecule has 33 heavy (non-hydrogen) atoms. The second kappa shape index (κ2) is 8.76. The van der Waals surface area contributed by atoms with Crippen LogP contribution in [0.4, 0.5) is 16.2 Å². The molecule has 3 amide bonds. The van der Waals surface area contributed by atoms with E-state index in [1.165, 1.54) is 29.2 Å². The average molecular weight is 479 g/mol. The number of hydrazine groups is 1. The Morgan fingerprint density at radius 3 is 2.73 bits per heavy atom. The van der Waals surface area contributed by atoms with Crippen LogP contribution in [0.5, 0.6) is 0 Å². The van der Waals surface area contributed by atoms with Crippen LogP contribution >= 0.6 is 0 Å². The lowest BCUT2D eigenvalue weighted by atomic mass is 10.1. The number of imidazole rings is 1. The molecular formula is C18H21N7O7S. The van der Waals surface area contributed by atoms with Gasteiger partial charge in [-0.05, 0) is 11.6 Å². The first-order chi connectivity index (χ1) is 15.6. The van der Waals surface area contributed by atoms with E-state index < -0.39 is 21.0 Å².